The number of piperidine rings is 1. The second-order valence-electron chi connectivity index (χ2n) is 8.11. The summed E-state index contributed by atoms with van der Waals surface area (Å²) in [5, 5.41) is 2.97. The third kappa shape index (κ3) is 4.52. The summed E-state index contributed by atoms with van der Waals surface area (Å²) in [4.78, 5) is 43.2. The van der Waals surface area contributed by atoms with E-state index in [1.165, 1.54) is 10.6 Å². The molecule has 3 aromatic rings. The van der Waals surface area contributed by atoms with E-state index in [-0.39, 0.29) is 23.3 Å². The number of nitrogens with zero attached hydrogens (tertiary/aromatic N) is 4. The summed E-state index contributed by atoms with van der Waals surface area (Å²) in [6, 6.07) is 8.72. The van der Waals surface area contributed by atoms with Crippen LogP contribution in [0.15, 0.2) is 47.7 Å². The van der Waals surface area contributed by atoms with Crippen molar-refractivity contribution in [2.45, 2.75) is 32.7 Å². The quantitative estimate of drug-likeness (QED) is 0.686. The maximum Gasteiger partial charge on any atom is 0.255 e. The van der Waals surface area contributed by atoms with Gasteiger partial charge in [-0.05, 0) is 49.9 Å². The van der Waals surface area contributed by atoms with Gasteiger partial charge in [0.2, 0.25) is 11.5 Å². The predicted octanol–water partition coefficient (Wildman–Crippen LogP) is 2.64. The number of nitrogens with one attached hydrogen (secondary N) is 1. The van der Waals surface area contributed by atoms with Crippen molar-refractivity contribution in [1.29, 1.82) is 0 Å². The molecule has 1 aliphatic heterocycles. The van der Waals surface area contributed by atoms with Crippen LogP contribution in [0.25, 0.3) is 11.0 Å². The van der Waals surface area contributed by atoms with Crippen LogP contribution in [0, 0.1) is 5.92 Å². The topological polar surface area (TPSA) is 89.2 Å². The van der Waals surface area contributed by atoms with Gasteiger partial charge in [-0.25, -0.2) is 4.98 Å². The molecule has 8 nitrogen and oxygen atoms in total. The maximum atomic E-state index is 12.8. The molecule has 1 fully saturated rings. The minimum atomic E-state index is -0.149. The van der Waals surface area contributed by atoms with E-state index in [4.69, 9.17) is 0 Å². The Kier molecular flexibility index (Phi) is 5.88. The van der Waals surface area contributed by atoms with Crippen LogP contribution in [0.1, 0.15) is 36.5 Å². The van der Waals surface area contributed by atoms with Crippen molar-refractivity contribution in [3.63, 3.8) is 0 Å². The Morgan fingerprint density at radius 3 is 2.84 bits per heavy atom. The van der Waals surface area contributed by atoms with Crippen LogP contribution in [0.5, 0.6) is 0 Å². The standard InChI is InChI=1S/C23H27N5O3/c1-3-27-15-24-19-12-18(7-8-20(19)27)25-21(29)11-16-5-4-10-28(13-16)23(31)17-6-9-22(30)26(2)14-17/h6-9,12,14-16H,3-5,10-11,13H2,1-2H3,(H,25,29)/t16-/m1/s1. The number of imidazole rings is 1. The molecule has 31 heavy (non-hydrogen) atoms. The molecule has 2 aromatic heterocycles. The van der Waals surface area contributed by atoms with Crippen molar-refractivity contribution in [2.24, 2.45) is 13.0 Å². The zero-order valence-electron chi connectivity index (χ0n) is 17.9. The number of aryl methyl sites for hydroxylation is 2. The van der Waals surface area contributed by atoms with Crippen LogP contribution in [0.4, 0.5) is 5.69 Å². The molecule has 1 aromatic carbocycles. The van der Waals surface area contributed by atoms with Crippen molar-refractivity contribution >= 4 is 28.5 Å². The van der Waals surface area contributed by atoms with Gasteiger partial charge in [0, 0.05) is 51.1 Å². The lowest BCUT2D eigenvalue weighted by atomic mass is 9.94. The van der Waals surface area contributed by atoms with E-state index < -0.39 is 0 Å². The largest absolute Gasteiger partial charge is 0.338 e. The fraction of sp³-hybridized carbons (Fsp3) is 0.391. The predicted molar refractivity (Wildman–Crippen MR) is 119 cm³/mol. The van der Waals surface area contributed by atoms with Crippen LogP contribution >= 0.6 is 0 Å². The number of hydrogen-bond acceptors (Lipinski definition) is 4. The molecular weight excluding hydrogens is 394 g/mol. The van der Waals surface area contributed by atoms with E-state index >= 15 is 0 Å². The van der Waals surface area contributed by atoms with E-state index in [0.29, 0.717) is 25.1 Å². The first-order valence-electron chi connectivity index (χ1n) is 10.7. The molecule has 1 atom stereocenters. The van der Waals surface area contributed by atoms with Crippen LogP contribution in [0.2, 0.25) is 0 Å². The third-order valence-corrected chi connectivity index (χ3v) is 5.86. The van der Waals surface area contributed by atoms with Gasteiger partial charge < -0.3 is 19.4 Å². The Balaban J connectivity index is 1.37. The molecule has 1 aliphatic rings. The van der Waals surface area contributed by atoms with Gasteiger partial charge in [0.15, 0.2) is 0 Å². The first-order chi connectivity index (χ1) is 14.9. The Hall–Kier alpha value is -3.42. The summed E-state index contributed by atoms with van der Waals surface area (Å²) in [6.07, 6.45) is 5.49. The summed E-state index contributed by atoms with van der Waals surface area (Å²) < 4.78 is 3.46. The number of benzene rings is 1. The summed E-state index contributed by atoms with van der Waals surface area (Å²) >= 11 is 0. The molecule has 1 N–H and O–H groups in total. The van der Waals surface area contributed by atoms with E-state index in [1.54, 1.807) is 30.5 Å². The molecule has 0 aliphatic carbocycles. The molecule has 8 heteroatoms. The fourth-order valence-corrected chi connectivity index (χ4v) is 4.19. The smallest absolute Gasteiger partial charge is 0.255 e. The summed E-state index contributed by atoms with van der Waals surface area (Å²) in [7, 11) is 1.63. The number of pyridine rings is 1. The highest BCUT2D eigenvalue weighted by Gasteiger charge is 2.26. The van der Waals surface area contributed by atoms with Crippen molar-refractivity contribution in [1.82, 2.24) is 19.0 Å². The Morgan fingerprint density at radius 2 is 2.06 bits per heavy atom. The Morgan fingerprint density at radius 1 is 1.23 bits per heavy atom. The zero-order valence-corrected chi connectivity index (χ0v) is 17.9. The lowest BCUT2D eigenvalue weighted by molar-refractivity contribution is -0.117. The van der Waals surface area contributed by atoms with Crippen molar-refractivity contribution in [2.75, 3.05) is 18.4 Å². The third-order valence-electron chi connectivity index (χ3n) is 5.86. The highest BCUT2D eigenvalue weighted by Crippen LogP contribution is 2.23. The van der Waals surface area contributed by atoms with E-state index in [2.05, 4.69) is 21.8 Å². The van der Waals surface area contributed by atoms with Crippen LogP contribution in [-0.4, -0.2) is 43.9 Å². The molecule has 1 saturated heterocycles. The van der Waals surface area contributed by atoms with Gasteiger partial charge in [-0.2, -0.15) is 0 Å². The zero-order chi connectivity index (χ0) is 22.0. The van der Waals surface area contributed by atoms with Crippen molar-refractivity contribution in [3.05, 3.63) is 58.8 Å². The first-order valence-corrected chi connectivity index (χ1v) is 10.7. The summed E-state index contributed by atoms with van der Waals surface area (Å²) in [6.45, 7) is 4.11. The van der Waals surface area contributed by atoms with Gasteiger partial charge in [-0.15, -0.1) is 0 Å². The number of amides is 2. The molecule has 0 bridgehead atoms. The number of fused-ring (bicyclic) bond motifs is 1. The van der Waals surface area contributed by atoms with Crippen molar-refractivity contribution < 1.29 is 9.59 Å². The molecule has 162 valence electrons. The lowest BCUT2D eigenvalue weighted by Crippen LogP contribution is -2.41. The molecule has 3 heterocycles. The normalized spacial score (nSPS) is 16.5. The van der Waals surface area contributed by atoms with Crippen LogP contribution in [0.3, 0.4) is 0 Å². The second kappa shape index (κ2) is 8.75. The summed E-state index contributed by atoms with van der Waals surface area (Å²) in [5.41, 5.74) is 2.97. The highest BCUT2D eigenvalue weighted by atomic mass is 16.2. The van der Waals surface area contributed by atoms with Gasteiger partial charge in [-0.3, -0.25) is 14.4 Å². The second-order valence-corrected chi connectivity index (χ2v) is 8.11. The SMILES string of the molecule is CCn1cnc2cc(NC(=O)C[C@H]3CCCN(C(=O)c4ccc(=O)n(C)c4)C3)ccc21. The number of likely N-dealkylation sites (tertiary alicyclic amines) is 1. The number of carbonyl (C=O) groups is 2. The van der Waals surface area contributed by atoms with Gasteiger partial charge in [0.25, 0.3) is 5.91 Å². The van der Waals surface area contributed by atoms with Gasteiger partial charge in [0.05, 0.1) is 22.9 Å². The molecule has 0 radical (unpaired) electrons. The Bertz CT molecular complexity index is 1180. The molecule has 4 rings (SSSR count). The van der Waals surface area contributed by atoms with Gasteiger partial charge in [0.1, 0.15) is 0 Å². The van der Waals surface area contributed by atoms with Crippen molar-refractivity contribution in [3.8, 4) is 0 Å². The van der Waals surface area contributed by atoms with Gasteiger partial charge >= 0.3 is 0 Å². The van der Waals surface area contributed by atoms with Crippen LogP contribution < -0.4 is 10.9 Å². The number of rotatable bonds is 5. The number of hydrogen-bond donors (Lipinski definition) is 1. The first kappa shape index (κ1) is 20.8. The number of aromatic nitrogens is 3. The molecule has 0 saturated carbocycles. The fourth-order valence-electron chi connectivity index (χ4n) is 4.19. The average molecular weight is 422 g/mol. The van der Waals surface area contributed by atoms with E-state index in [1.807, 2.05) is 18.2 Å². The molecule has 0 unspecified atom stereocenters. The molecule has 0 spiro atoms. The number of anilines is 1. The van der Waals surface area contributed by atoms with Crippen LogP contribution in [-0.2, 0) is 18.4 Å². The lowest BCUT2D eigenvalue weighted by Gasteiger charge is -2.32. The van der Waals surface area contributed by atoms with E-state index in [0.717, 1.165) is 36.1 Å². The molecule has 2 amide bonds. The maximum absolute atomic E-state index is 12.8. The molecular formula is C23H27N5O3. The minimum absolute atomic E-state index is 0.0596. The summed E-state index contributed by atoms with van der Waals surface area (Å²) in [5.74, 6) is -0.0541. The number of carbonyl (C=O) groups excluding carboxylic acids is 2. The monoisotopic (exact) mass is 421 g/mol. The Labute approximate surface area is 180 Å². The average Bonchev–Trinajstić information content (AvgIpc) is 3.17. The highest BCUT2D eigenvalue weighted by molar-refractivity contribution is 5.95. The minimum Gasteiger partial charge on any atom is -0.338 e. The van der Waals surface area contributed by atoms with E-state index in [9.17, 15) is 14.4 Å². The van der Waals surface area contributed by atoms with Gasteiger partial charge in [-0.1, -0.05) is 0 Å².